The molecule has 0 amide bonds. The summed E-state index contributed by atoms with van der Waals surface area (Å²) >= 11 is 0. The highest BCUT2D eigenvalue weighted by molar-refractivity contribution is 5.71. The molecule has 4 unspecified atom stereocenters. The van der Waals surface area contributed by atoms with Crippen molar-refractivity contribution in [1.82, 2.24) is 5.32 Å². The summed E-state index contributed by atoms with van der Waals surface area (Å²) in [5.41, 5.74) is 2.51. The van der Waals surface area contributed by atoms with Gasteiger partial charge < -0.3 is 29.2 Å². The lowest BCUT2D eigenvalue weighted by molar-refractivity contribution is -0.147. The molecule has 0 aliphatic heterocycles. The van der Waals surface area contributed by atoms with E-state index in [0.29, 0.717) is 31.0 Å². The SMILES string of the molecule is CNC(O)CCC1CCC2Cc3c(cccc3OCC(=O)OCCOCCOCCC(=O)O)CC12. The second-order valence-corrected chi connectivity index (χ2v) is 9.32. The first-order valence-electron chi connectivity index (χ1n) is 12.6. The van der Waals surface area contributed by atoms with Gasteiger partial charge in [0.15, 0.2) is 6.61 Å². The lowest BCUT2D eigenvalue weighted by Crippen LogP contribution is -2.28. The molecule has 9 nitrogen and oxygen atoms in total. The number of nitrogens with one attached hydrogen (secondary N) is 1. The minimum Gasteiger partial charge on any atom is -0.482 e. The molecule has 0 radical (unpaired) electrons. The van der Waals surface area contributed by atoms with E-state index < -0.39 is 18.2 Å². The number of carbonyl (C=O) groups excluding carboxylic acids is 1. The number of ether oxygens (including phenoxy) is 4. The predicted octanol–water partition coefficient (Wildman–Crippen LogP) is 2.18. The average Bonchev–Trinajstić information content (AvgIpc) is 3.25. The van der Waals surface area contributed by atoms with Crippen molar-refractivity contribution in [3.05, 3.63) is 29.3 Å². The summed E-state index contributed by atoms with van der Waals surface area (Å²) < 4.78 is 21.4. The number of aliphatic hydroxyl groups excluding tert-OH is 1. The van der Waals surface area contributed by atoms with Crippen molar-refractivity contribution in [2.75, 3.05) is 46.7 Å². The Bertz CT molecular complexity index is 817. The summed E-state index contributed by atoms with van der Waals surface area (Å²) in [6.45, 7) is 0.971. The maximum absolute atomic E-state index is 12.1. The highest BCUT2D eigenvalue weighted by Gasteiger charge is 2.39. The molecule has 1 aromatic carbocycles. The second kappa shape index (κ2) is 14.4. The van der Waals surface area contributed by atoms with E-state index in [1.807, 2.05) is 12.1 Å². The van der Waals surface area contributed by atoms with Gasteiger partial charge in [0.2, 0.25) is 0 Å². The van der Waals surface area contributed by atoms with Crippen LogP contribution in [0.2, 0.25) is 0 Å². The molecule has 3 rings (SSSR count). The van der Waals surface area contributed by atoms with E-state index in [9.17, 15) is 14.7 Å². The molecule has 0 bridgehead atoms. The summed E-state index contributed by atoms with van der Waals surface area (Å²) in [6, 6.07) is 6.08. The number of aliphatic carboxylic acids is 1. The molecule has 35 heavy (non-hydrogen) atoms. The molecule has 1 fully saturated rings. The number of rotatable bonds is 16. The first-order valence-corrected chi connectivity index (χ1v) is 12.6. The summed E-state index contributed by atoms with van der Waals surface area (Å²) in [7, 11) is 1.79. The summed E-state index contributed by atoms with van der Waals surface area (Å²) in [4.78, 5) is 22.5. The van der Waals surface area contributed by atoms with E-state index in [4.69, 9.17) is 24.1 Å². The Morgan fingerprint density at radius 1 is 1.09 bits per heavy atom. The van der Waals surface area contributed by atoms with E-state index in [1.165, 1.54) is 24.0 Å². The second-order valence-electron chi connectivity index (χ2n) is 9.32. The molecule has 9 heteroatoms. The van der Waals surface area contributed by atoms with Gasteiger partial charge >= 0.3 is 11.9 Å². The first-order chi connectivity index (χ1) is 17.0. The van der Waals surface area contributed by atoms with Crippen LogP contribution in [0.3, 0.4) is 0 Å². The van der Waals surface area contributed by atoms with Crippen LogP contribution in [0.15, 0.2) is 18.2 Å². The number of hydrogen-bond acceptors (Lipinski definition) is 8. The van der Waals surface area contributed by atoms with Gasteiger partial charge in [-0.05, 0) is 80.5 Å². The zero-order valence-electron chi connectivity index (χ0n) is 20.6. The Hall–Kier alpha value is -2.20. The largest absolute Gasteiger partial charge is 0.482 e. The molecule has 0 spiro atoms. The van der Waals surface area contributed by atoms with Gasteiger partial charge in [-0.25, -0.2) is 4.79 Å². The van der Waals surface area contributed by atoms with E-state index in [0.717, 1.165) is 31.4 Å². The fourth-order valence-corrected chi connectivity index (χ4v) is 5.26. The number of carboxylic acid groups (broad SMARTS) is 1. The third kappa shape index (κ3) is 8.75. The molecule has 2 aliphatic carbocycles. The fourth-order valence-electron chi connectivity index (χ4n) is 5.26. The van der Waals surface area contributed by atoms with Crippen molar-refractivity contribution in [1.29, 1.82) is 0 Å². The van der Waals surface area contributed by atoms with Crippen LogP contribution in [-0.4, -0.2) is 75.1 Å². The van der Waals surface area contributed by atoms with Crippen LogP contribution in [0.25, 0.3) is 0 Å². The van der Waals surface area contributed by atoms with Crippen LogP contribution in [-0.2, 0) is 36.6 Å². The van der Waals surface area contributed by atoms with Crippen molar-refractivity contribution >= 4 is 11.9 Å². The number of carboxylic acids is 1. The number of benzene rings is 1. The maximum Gasteiger partial charge on any atom is 0.344 e. The molecule has 1 saturated carbocycles. The molecule has 4 atom stereocenters. The molecule has 3 N–H and O–H groups in total. The summed E-state index contributed by atoms with van der Waals surface area (Å²) in [5.74, 6) is 1.35. The zero-order valence-corrected chi connectivity index (χ0v) is 20.6. The number of aliphatic hydroxyl groups is 1. The molecule has 2 aliphatic rings. The quantitative estimate of drug-likeness (QED) is 0.181. The third-order valence-corrected chi connectivity index (χ3v) is 7.08. The Balaban J connectivity index is 1.36. The van der Waals surface area contributed by atoms with E-state index >= 15 is 0 Å². The lowest BCUT2D eigenvalue weighted by Gasteiger charge is -2.32. The van der Waals surface area contributed by atoms with Gasteiger partial charge in [0, 0.05) is 0 Å². The van der Waals surface area contributed by atoms with Gasteiger partial charge in [0.05, 0.1) is 32.8 Å². The highest BCUT2D eigenvalue weighted by Crippen LogP contribution is 2.48. The molecular weight excluding hydrogens is 454 g/mol. The van der Waals surface area contributed by atoms with Crippen LogP contribution in [0.5, 0.6) is 5.75 Å². The zero-order chi connectivity index (χ0) is 25.0. The monoisotopic (exact) mass is 493 g/mol. The van der Waals surface area contributed by atoms with Crippen LogP contribution in [0, 0.1) is 17.8 Å². The smallest absolute Gasteiger partial charge is 0.344 e. The van der Waals surface area contributed by atoms with Gasteiger partial charge in [0.25, 0.3) is 0 Å². The van der Waals surface area contributed by atoms with E-state index in [-0.39, 0.29) is 32.8 Å². The van der Waals surface area contributed by atoms with Crippen molar-refractivity contribution in [2.45, 2.75) is 51.2 Å². The topological polar surface area (TPSA) is 124 Å². The fraction of sp³-hybridized carbons (Fsp3) is 0.692. The lowest BCUT2D eigenvalue weighted by atomic mass is 9.74. The Kier molecular flexibility index (Phi) is 11.3. The molecule has 0 heterocycles. The number of carbonyl (C=O) groups is 2. The van der Waals surface area contributed by atoms with Crippen molar-refractivity contribution < 1.29 is 38.7 Å². The number of hydrogen-bond donors (Lipinski definition) is 3. The number of esters is 1. The Labute approximate surface area is 207 Å². The average molecular weight is 494 g/mol. The highest BCUT2D eigenvalue weighted by atomic mass is 16.6. The Morgan fingerprint density at radius 2 is 1.86 bits per heavy atom. The van der Waals surface area contributed by atoms with Crippen LogP contribution >= 0.6 is 0 Å². The summed E-state index contributed by atoms with van der Waals surface area (Å²) in [6.07, 6.45) is 5.77. The third-order valence-electron chi connectivity index (χ3n) is 7.08. The van der Waals surface area contributed by atoms with Crippen LogP contribution < -0.4 is 10.1 Å². The van der Waals surface area contributed by atoms with Gasteiger partial charge in [-0.1, -0.05) is 12.1 Å². The molecule has 0 saturated heterocycles. The minimum absolute atomic E-state index is 0.0357. The minimum atomic E-state index is -0.898. The van der Waals surface area contributed by atoms with Crippen molar-refractivity contribution in [2.24, 2.45) is 17.8 Å². The molecule has 196 valence electrons. The van der Waals surface area contributed by atoms with Gasteiger partial charge in [-0.3, -0.25) is 10.1 Å². The first kappa shape index (κ1) is 27.4. The van der Waals surface area contributed by atoms with E-state index in [2.05, 4.69) is 11.4 Å². The van der Waals surface area contributed by atoms with Crippen molar-refractivity contribution in [3.8, 4) is 5.75 Å². The Morgan fingerprint density at radius 3 is 2.63 bits per heavy atom. The van der Waals surface area contributed by atoms with E-state index in [1.54, 1.807) is 7.05 Å². The number of fused-ring (bicyclic) bond motifs is 2. The maximum atomic E-state index is 12.1. The van der Waals surface area contributed by atoms with Gasteiger partial charge in [-0.15, -0.1) is 0 Å². The normalized spacial score (nSPS) is 21.7. The van der Waals surface area contributed by atoms with Crippen LogP contribution in [0.4, 0.5) is 0 Å². The molecule has 1 aromatic rings. The van der Waals surface area contributed by atoms with Gasteiger partial charge in [0.1, 0.15) is 18.6 Å². The van der Waals surface area contributed by atoms with Crippen LogP contribution in [0.1, 0.15) is 43.2 Å². The molecule has 0 aromatic heterocycles. The standard InChI is InChI=1S/C26H39NO8/c1-27-24(28)8-7-18-5-6-20-16-22-19(15-21(18)20)3-2-4-23(22)35-17-26(31)34-14-13-33-12-11-32-10-9-25(29)30/h2-4,18,20-21,24,27-28H,5-17H2,1H3,(H,29,30). The molecular formula is C26H39NO8. The van der Waals surface area contributed by atoms with Crippen molar-refractivity contribution in [3.63, 3.8) is 0 Å². The van der Waals surface area contributed by atoms with Gasteiger partial charge in [-0.2, -0.15) is 0 Å². The summed E-state index contributed by atoms with van der Waals surface area (Å²) in [5, 5.41) is 21.3. The predicted molar refractivity (Wildman–Crippen MR) is 128 cm³/mol.